The number of nitriles is 1. The first-order chi connectivity index (χ1) is 16.9. The van der Waals surface area contributed by atoms with Gasteiger partial charge in [0.25, 0.3) is 15.9 Å². The second-order valence-corrected chi connectivity index (χ2v) is 9.80. The SMILES string of the molecule is N#Cc1cccc(CN2c3ccccc3C(O)=C(C(=O)Nc3cccc4ccccc34)S2(=O)=O)c1. The van der Waals surface area contributed by atoms with Crippen molar-refractivity contribution in [1.29, 1.82) is 5.26 Å². The fraction of sp³-hybridized carbons (Fsp3) is 0.0370. The number of nitrogens with zero attached hydrogens (tertiary/aromatic N) is 2. The first-order valence-corrected chi connectivity index (χ1v) is 12.2. The molecule has 0 saturated carbocycles. The van der Waals surface area contributed by atoms with Gasteiger partial charge in [-0.1, -0.05) is 60.7 Å². The Bertz CT molecular complexity index is 1660. The summed E-state index contributed by atoms with van der Waals surface area (Å²) in [6.45, 7) is -0.118. The molecule has 1 aliphatic heterocycles. The predicted octanol–water partition coefficient (Wildman–Crippen LogP) is 4.93. The molecule has 35 heavy (non-hydrogen) atoms. The monoisotopic (exact) mass is 481 g/mol. The zero-order valence-corrected chi connectivity index (χ0v) is 19.2. The van der Waals surface area contributed by atoms with Gasteiger partial charge in [0.2, 0.25) is 0 Å². The molecule has 0 bridgehead atoms. The molecule has 4 aromatic rings. The smallest absolute Gasteiger partial charge is 0.273 e. The number of benzene rings is 4. The number of hydrogen-bond donors (Lipinski definition) is 2. The molecule has 0 spiro atoms. The summed E-state index contributed by atoms with van der Waals surface area (Å²) in [6.07, 6.45) is 0. The van der Waals surface area contributed by atoms with Gasteiger partial charge in [-0.15, -0.1) is 0 Å². The molecule has 1 amide bonds. The second kappa shape index (κ2) is 8.63. The molecular weight excluding hydrogens is 462 g/mol. The zero-order chi connectivity index (χ0) is 24.6. The third-order valence-corrected chi connectivity index (χ3v) is 7.62. The summed E-state index contributed by atoms with van der Waals surface area (Å²) in [6, 6.07) is 27.7. The molecule has 172 valence electrons. The van der Waals surface area contributed by atoms with Gasteiger partial charge in [0.15, 0.2) is 10.7 Å². The number of aliphatic hydroxyl groups excluding tert-OH is 1. The number of carbonyl (C=O) groups is 1. The molecule has 2 N–H and O–H groups in total. The van der Waals surface area contributed by atoms with Crippen LogP contribution in [0.1, 0.15) is 16.7 Å². The van der Waals surface area contributed by atoms with Gasteiger partial charge in [0, 0.05) is 16.6 Å². The van der Waals surface area contributed by atoms with Crippen LogP contribution in [-0.4, -0.2) is 19.4 Å². The van der Waals surface area contributed by atoms with Crippen LogP contribution in [0, 0.1) is 11.3 Å². The van der Waals surface area contributed by atoms with Crippen molar-refractivity contribution >= 4 is 43.8 Å². The van der Waals surface area contributed by atoms with Gasteiger partial charge in [0.1, 0.15) is 0 Å². The van der Waals surface area contributed by atoms with Crippen LogP contribution in [0.4, 0.5) is 11.4 Å². The molecule has 7 nitrogen and oxygen atoms in total. The van der Waals surface area contributed by atoms with Crippen molar-refractivity contribution in [3.05, 3.63) is 113 Å². The van der Waals surface area contributed by atoms with Gasteiger partial charge in [-0.3, -0.25) is 9.10 Å². The molecule has 0 fully saturated rings. The van der Waals surface area contributed by atoms with Crippen molar-refractivity contribution in [3.8, 4) is 6.07 Å². The zero-order valence-electron chi connectivity index (χ0n) is 18.3. The Hall–Kier alpha value is -4.61. The van der Waals surface area contributed by atoms with Crippen LogP contribution in [0.15, 0.2) is 95.9 Å². The molecular formula is C27H19N3O4S. The first kappa shape index (κ1) is 22.2. The third-order valence-electron chi connectivity index (χ3n) is 5.82. The van der Waals surface area contributed by atoms with E-state index in [0.29, 0.717) is 16.8 Å². The fourth-order valence-electron chi connectivity index (χ4n) is 4.19. The quantitative estimate of drug-likeness (QED) is 0.430. The molecule has 1 heterocycles. The van der Waals surface area contributed by atoms with Crippen molar-refractivity contribution in [2.24, 2.45) is 0 Å². The standard InChI is InChI=1S/C27H19N3O4S/c28-16-18-7-5-8-19(15-18)17-30-24-14-4-3-12-22(24)25(31)26(35(30,33)34)27(32)29-23-13-6-10-20-9-1-2-11-21(20)23/h1-15,31H,17H2,(H,29,32). The van der Waals surface area contributed by atoms with E-state index in [9.17, 15) is 23.6 Å². The highest BCUT2D eigenvalue weighted by atomic mass is 32.2. The molecule has 5 rings (SSSR count). The van der Waals surface area contributed by atoms with E-state index in [1.54, 1.807) is 60.7 Å². The van der Waals surface area contributed by atoms with Gasteiger partial charge < -0.3 is 10.4 Å². The highest BCUT2D eigenvalue weighted by Crippen LogP contribution is 2.39. The van der Waals surface area contributed by atoms with E-state index in [2.05, 4.69) is 5.32 Å². The summed E-state index contributed by atoms with van der Waals surface area (Å²) in [5.74, 6) is -1.55. The van der Waals surface area contributed by atoms with E-state index in [0.717, 1.165) is 15.1 Å². The Morgan fingerprint density at radius 2 is 1.66 bits per heavy atom. The maximum atomic E-state index is 13.7. The molecule has 1 aliphatic rings. The van der Waals surface area contributed by atoms with Crippen LogP contribution < -0.4 is 9.62 Å². The number of sulfonamides is 1. The number of rotatable bonds is 4. The van der Waals surface area contributed by atoms with E-state index in [1.807, 2.05) is 36.4 Å². The van der Waals surface area contributed by atoms with Crippen molar-refractivity contribution in [1.82, 2.24) is 0 Å². The molecule has 0 saturated heterocycles. The first-order valence-electron chi connectivity index (χ1n) is 10.7. The topological polar surface area (TPSA) is 110 Å². The maximum absolute atomic E-state index is 13.7. The molecule has 0 aliphatic carbocycles. The average molecular weight is 482 g/mol. The Morgan fingerprint density at radius 1 is 0.943 bits per heavy atom. The number of carbonyl (C=O) groups excluding carboxylic acids is 1. The second-order valence-electron chi connectivity index (χ2n) is 8.00. The van der Waals surface area contributed by atoms with Crippen LogP contribution in [0.5, 0.6) is 0 Å². The largest absolute Gasteiger partial charge is 0.506 e. The van der Waals surface area contributed by atoms with Crippen LogP contribution in [0.3, 0.4) is 0 Å². The van der Waals surface area contributed by atoms with Crippen molar-refractivity contribution < 1.29 is 18.3 Å². The van der Waals surface area contributed by atoms with Crippen molar-refractivity contribution in [2.75, 3.05) is 9.62 Å². The Morgan fingerprint density at radius 3 is 2.49 bits per heavy atom. The summed E-state index contributed by atoms with van der Waals surface area (Å²) >= 11 is 0. The number of para-hydroxylation sites is 1. The van der Waals surface area contributed by atoms with Crippen LogP contribution in [0.2, 0.25) is 0 Å². The normalized spacial score (nSPS) is 14.3. The molecule has 8 heteroatoms. The minimum Gasteiger partial charge on any atom is -0.506 e. The van der Waals surface area contributed by atoms with E-state index < -0.39 is 26.6 Å². The summed E-state index contributed by atoms with van der Waals surface area (Å²) in [4.78, 5) is 12.6. The van der Waals surface area contributed by atoms with Gasteiger partial charge in [-0.2, -0.15) is 5.26 Å². The average Bonchev–Trinajstić information content (AvgIpc) is 2.87. The van der Waals surface area contributed by atoms with E-state index in [4.69, 9.17) is 0 Å². The molecule has 0 aromatic heterocycles. The van der Waals surface area contributed by atoms with Gasteiger partial charge >= 0.3 is 0 Å². The minimum atomic E-state index is -4.45. The number of hydrogen-bond acceptors (Lipinski definition) is 5. The number of nitrogens with one attached hydrogen (secondary N) is 1. The number of amides is 1. The van der Waals surface area contributed by atoms with Crippen molar-refractivity contribution in [2.45, 2.75) is 6.54 Å². The molecule has 0 atom stereocenters. The number of fused-ring (bicyclic) bond motifs is 2. The summed E-state index contributed by atoms with van der Waals surface area (Å²) in [5, 5.41) is 24.5. The Balaban J connectivity index is 1.60. The summed E-state index contributed by atoms with van der Waals surface area (Å²) < 4.78 is 28.5. The maximum Gasteiger partial charge on any atom is 0.273 e. The van der Waals surface area contributed by atoms with E-state index in [-0.39, 0.29) is 17.8 Å². The highest BCUT2D eigenvalue weighted by Gasteiger charge is 2.41. The van der Waals surface area contributed by atoms with Crippen molar-refractivity contribution in [3.63, 3.8) is 0 Å². The van der Waals surface area contributed by atoms with Gasteiger partial charge in [-0.05, 0) is 41.3 Å². The van der Waals surface area contributed by atoms with Crippen LogP contribution in [0.25, 0.3) is 16.5 Å². The number of anilines is 2. The third kappa shape index (κ3) is 3.88. The van der Waals surface area contributed by atoms with E-state index >= 15 is 0 Å². The lowest BCUT2D eigenvalue weighted by Crippen LogP contribution is -2.39. The van der Waals surface area contributed by atoms with E-state index in [1.165, 1.54) is 0 Å². The lowest BCUT2D eigenvalue weighted by atomic mass is 10.1. The number of aliphatic hydroxyl groups is 1. The fourth-order valence-corrected chi connectivity index (χ4v) is 5.79. The minimum absolute atomic E-state index is 0.118. The lowest BCUT2D eigenvalue weighted by molar-refractivity contribution is -0.112. The Labute approximate surface area is 202 Å². The van der Waals surface area contributed by atoms with Crippen LogP contribution >= 0.6 is 0 Å². The predicted molar refractivity (Wildman–Crippen MR) is 135 cm³/mol. The summed E-state index contributed by atoms with van der Waals surface area (Å²) in [7, 11) is -4.45. The molecule has 4 aromatic carbocycles. The lowest BCUT2D eigenvalue weighted by Gasteiger charge is -2.31. The summed E-state index contributed by atoms with van der Waals surface area (Å²) in [5.41, 5.74) is 1.85. The highest BCUT2D eigenvalue weighted by molar-refractivity contribution is 7.97. The molecule has 0 unspecified atom stereocenters. The van der Waals surface area contributed by atoms with Gasteiger partial charge in [-0.25, -0.2) is 8.42 Å². The molecule has 0 radical (unpaired) electrons. The van der Waals surface area contributed by atoms with Crippen LogP contribution in [-0.2, 0) is 21.4 Å². The van der Waals surface area contributed by atoms with Gasteiger partial charge in [0.05, 0.1) is 23.9 Å². The Kier molecular flexibility index (Phi) is 5.47.